The molecular formula is C14H11FN2. The molecule has 84 valence electrons. The first-order valence-corrected chi connectivity index (χ1v) is 5.48. The van der Waals surface area contributed by atoms with E-state index in [1.807, 2.05) is 30.3 Å². The molecule has 0 unspecified atom stereocenters. The van der Waals surface area contributed by atoms with E-state index in [2.05, 4.69) is 4.98 Å². The molecule has 0 aliphatic rings. The standard InChI is InChI=1S/C14H11FN2/c15-17-10-12(9-11-5-7-16-8-6-11)13-3-1-2-4-14(13)17/h1-8,10H,9H2. The van der Waals surface area contributed by atoms with Gasteiger partial charge in [-0.25, -0.2) is 0 Å². The van der Waals surface area contributed by atoms with Gasteiger partial charge in [0.15, 0.2) is 0 Å². The Balaban J connectivity index is 2.07. The summed E-state index contributed by atoms with van der Waals surface area (Å²) in [6, 6.07) is 11.4. The maximum absolute atomic E-state index is 13.6. The molecule has 2 aromatic heterocycles. The average Bonchev–Trinajstić information content (AvgIpc) is 2.69. The van der Waals surface area contributed by atoms with E-state index in [-0.39, 0.29) is 0 Å². The summed E-state index contributed by atoms with van der Waals surface area (Å²) in [6.07, 6.45) is 5.78. The molecule has 2 nitrogen and oxygen atoms in total. The number of pyridine rings is 1. The largest absolute Gasteiger partial charge is 0.265 e. The number of fused-ring (bicyclic) bond motifs is 1. The lowest BCUT2D eigenvalue weighted by Crippen LogP contribution is -1.86. The van der Waals surface area contributed by atoms with Gasteiger partial charge in [-0.05, 0) is 35.7 Å². The molecule has 0 saturated heterocycles. The van der Waals surface area contributed by atoms with Crippen molar-refractivity contribution in [3.05, 3.63) is 66.1 Å². The molecule has 0 aliphatic carbocycles. The van der Waals surface area contributed by atoms with Crippen molar-refractivity contribution in [3.63, 3.8) is 0 Å². The molecule has 0 N–H and O–H groups in total. The van der Waals surface area contributed by atoms with Crippen LogP contribution in [0.25, 0.3) is 10.9 Å². The maximum atomic E-state index is 13.6. The predicted octanol–water partition coefficient (Wildman–Crippen LogP) is 3.36. The normalized spacial score (nSPS) is 10.9. The van der Waals surface area contributed by atoms with Crippen LogP contribution in [0.4, 0.5) is 4.48 Å². The van der Waals surface area contributed by atoms with Crippen molar-refractivity contribution in [2.45, 2.75) is 6.42 Å². The zero-order valence-electron chi connectivity index (χ0n) is 9.18. The quantitative estimate of drug-likeness (QED) is 0.655. The summed E-state index contributed by atoms with van der Waals surface area (Å²) in [7, 11) is 0. The summed E-state index contributed by atoms with van der Waals surface area (Å²) in [4.78, 5) is 4.66. The zero-order chi connectivity index (χ0) is 11.7. The Morgan fingerprint density at radius 1 is 1.06 bits per heavy atom. The minimum absolute atomic E-state index is 0.622. The van der Waals surface area contributed by atoms with Crippen LogP contribution in [0.3, 0.4) is 0 Å². The SMILES string of the molecule is Fn1cc(Cc2ccncc2)c2ccccc21. The average molecular weight is 226 g/mol. The number of halogens is 1. The molecule has 0 atom stereocenters. The number of aromatic nitrogens is 2. The molecule has 1 aromatic carbocycles. The molecule has 17 heavy (non-hydrogen) atoms. The summed E-state index contributed by atoms with van der Waals surface area (Å²) in [6.45, 7) is 0. The molecule has 3 heteroatoms. The van der Waals surface area contributed by atoms with Crippen molar-refractivity contribution in [2.24, 2.45) is 0 Å². The summed E-state index contributed by atoms with van der Waals surface area (Å²) in [5, 5.41) is 0.965. The van der Waals surface area contributed by atoms with Crippen LogP contribution in [0, 0.1) is 0 Å². The minimum Gasteiger partial charge on any atom is -0.265 e. The molecule has 3 aromatic rings. The minimum atomic E-state index is 0.622. The van der Waals surface area contributed by atoms with Gasteiger partial charge in [-0.2, -0.15) is 4.79 Å². The van der Waals surface area contributed by atoms with E-state index in [9.17, 15) is 4.48 Å². The molecule has 0 bridgehead atoms. The van der Waals surface area contributed by atoms with Crippen molar-refractivity contribution in [3.8, 4) is 0 Å². The van der Waals surface area contributed by atoms with Crippen LogP contribution < -0.4 is 0 Å². The maximum Gasteiger partial charge on any atom is 0.0815 e. The van der Waals surface area contributed by atoms with Gasteiger partial charge >= 0.3 is 0 Å². The molecule has 2 heterocycles. The first kappa shape index (κ1) is 10.0. The lowest BCUT2D eigenvalue weighted by Gasteiger charge is -1.98. The second-order valence-corrected chi connectivity index (χ2v) is 4.01. The molecule has 0 saturated carbocycles. The predicted molar refractivity (Wildman–Crippen MR) is 65.5 cm³/mol. The van der Waals surface area contributed by atoms with E-state index >= 15 is 0 Å². The van der Waals surface area contributed by atoms with E-state index in [0.29, 0.717) is 10.3 Å². The summed E-state index contributed by atoms with van der Waals surface area (Å²) >= 11 is 0. The highest BCUT2D eigenvalue weighted by Crippen LogP contribution is 2.23. The van der Waals surface area contributed by atoms with Crippen molar-refractivity contribution < 1.29 is 4.48 Å². The Morgan fingerprint density at radius 3 is 2.65 bits per heavy atom. The van der Waals surface area contributed by atoms with Crippen LogP contribution in [0.15, 0.2) is 55.0 Å². The first-order chi connectivity index (χ1) is 8.34. The van der Waals surface area contributed by atoms with Gasteiger partial charge in [0.05, 0.1) is 5.52 Å². The third-order valence-corrected chi connectivity index (χ3v) is 2.89. The highest BCUT2D eigenvalue weighted by molar-refractivity contribution is 5.83. The van der Waals surface area contributed by atoms with Gasteiger partial charge < -0.3 is 0 Å². The van der Waals surface area contributed by atoms with Crippen LogP contribution in [0.5, 0.6) is 0 Å². The molecule has 0 aliphatic heterocycles. The smallest absolute Gasteiger partial charge is 0.0815 e. The van der Waals surface area contributed by atoms with Crippen LogP contribution in [-0.2, 0) is 6.42 Å². The Hall–Kier alpha value is -2.16. The van der Waals surface area contributed by atoms with Crippen LogP contribution in [-0.4, -0.2) is 9.77 Å². The Bertz CT molecular complexity index is 644. The van der Waals surface area contributed by atoms with Crippen LogP contribution in [0.1, 0.15) is 11.1 Å². The van der Waals surface area contributed by atoms with Gasteiger partial charge in [0.1, 0.15) is 0 Å². The number of hydrogen-bond acceptors (Lipinski definition) is 1. The number of benzene rings is 1. The van der Waals surface area contributed by atoms with Gasteiger partial charge in [0.25, 0.3) is 0 Å². The van der Waals surface area contributed by atoms with E-state index in [0.717, 1.165) is 22.9 Å². The van der Waals surface area contributed by atoms with E-state index in [1.54, 1.807) is 24.7 Å². The third kappa shape index (κ3) is 1.80. The zero-order valence-corrected chi connectivity index (χ0v) is 9.18. The van der Waals surface area contributed by atoms with Gasteiger partial charge in [0.2, 0.25) is 0 Å². The van der Waals surface area contributed by atoms with Crippen molar-refractivity contribution in [2.75, 3.05) is 0 Å². The number of hydrogen-bond donors (Lipinski definition) is 0. The molecule has 0 radical (unpaired) electrons. The first-order valence-electron chi connectivity index (χ1n) is 5.48. The lowest BCUT2D eigenvalue weighted by atomic mass is 10.1. The second kappa shape index (κ2) is 4.01. The molecule has 0 spiro atoms. The van der Waals surface area contributed by atoms with Crippen LogP contribution >= 0.6 is 0 Å². The molecule has 0 amide bonds. The fourth-order valence-electron chi connectivity index (χ4n) is 2.07. The number of nitrogens with zero attached hydrogens (tertiary/aromatic N) is 2. The summed E-state index contributed by atoms with van der Waals surface area (Å²) < 4.78 is 13.6. The number of rotatable bonds is 2. The summed E-state index contributed by atoms with van der Waals surface area (Å²) in [5.74, 6) is 0. The topological polar surface area (TPSA) is 17.8 Å². The monoisotopic (exact) mass is 226 g/mol. The van der Waals surface area contributed by atoms with Crippen molar-refractivity contribution in [1.29, 1.82) is 0 Å². The van der Waals surface area contributed by atoms with Crippen molar-refractivity contribution >= 4 is 10.9 Å². The van der Waals surface area contributed by atoms with Gasteiger partial charge in [-0.15, -0.1) is 0 Å². The van der Waals surface area contributed by atoms with Gasteiger partial charge in [-0.1, -0.05) is 22.7 Å². The van der Waals surface area contributed by atoms with E-state index in [4.69, 9.17) is 0 Å². The van der Waals surface area contributed by atoms with Crippen LogP contribution in [0.2, 0.25) is 0 Å². The number of para-hydroxylation sites is 1. The highest BCUT2D eigenvalue weighted by atomic mass is 19.2. The second-order valence-electron chi connectivity index (χ2n) is 4.01. The molecular weight excluding hydrogens is 215 g/mol. The van der Waals surface area contributed by atoms with Gasteiger partial charge in [-0.3, -0.25) is 4.98 Å². The lowest BCUT2D eigenvalue weighted by molar-refractivity contribution is 0.387. The Morgan fingerprint density at radius 2 is 1.82 bits per heavy atom. The van der Waals surface area contributed by atoms with Crippen molar-refractivity contribution in [1.82, 2.24) is 9.77 Å². The Labute approximate surface area is 98.3 Å². The van der Waals surface area contributed by atoms with E-state index in [1.165, 1.54) is 0 Å². The summed E-state index contributed by atoms with van der Waals surface area (Å²) in [5.41, 5.74) is 2.75. The van der Waals surface area contributed by atoms with E-state index < -0.39 is 0 Å². The third-order valence-electron chi connectivity index (χ3n) is 2.89. The Kier molecular flexibility index (Phi) is 2.37. The highest BCUT2D eigenvalue weighted by Gasteiger charge is 2.07. The molecule has 0 fully saturated rings. The molecule has 3 rings (SSSR count). The fourth-order valence-corrected chi connectivity index (χ4v) is 2.07. The fraction of sp³-hybridized carbons (Fsp3) is 0.0714. The van der Waals surface area contributed by atoms with Gasteiger partial charge in [0, 0.05) is 24.0 Å².